The Morgan fingerprint density at radius 2 is 1.50 bits per heavy atom. The second-order valence-electron chi connectivity index (χ2n) is 12.1. The van der Waals surface area contributed by atoms with Crippen LogP contribution in [0.25, 0.3) is 27.8 Å². The van der Waals surface area contributed by atoms with Crippen LogP contribution >= 0.6 is 0 Å². The maximum Gasteiger partial charge on any atom is 0.201 e. The molecule has 0 spiro atoms. The summed E-state index contributed by atoms with van der Waals surface area (Å²) in [6, 6.07) is 15.6. The standard InChI is InChI=1S/C38H43F3O/c1-3-5-6-7-26-8-10-27(11-9-26)28-12-16-30(17-13-28)33-21-20-32(25-35(33)39)29-14-18-31(19-15-29)34-22-23-36(42-24-4-2)38(41)37(34)40/h3,5,14-16,18-23,25-28H,4,6-13,17,24H2,1-2H3. The molecule has 0 radical (unpaired) electrons. The molecule has 1 atom stereocenters. The van der Waals surface area contributed by atoms with E-state index in [0.29, 0.717) is 24.2 Å². The lowest BCUT2D eigenvalue weighted by molar-refractivity contribution is 0.190. The molecule has 42 heavy (non-hydrogen) atoms. The van der Waals surface area contributed by atoms with Crippen molar-refractivity contribution in [2.24, 2.45) is 17.8 Å². The predicted octanol–water partition coefficient (Wildman–Crippen LogP) is 11.6. The largest absolute Gasteiger partial charge is 0.490 e. The fourth-order valence-electron chi connectivity index (χ4n) is 6.85. The average molecular weight is 573 g/mol. The minimum atomic E-state index is -0.978. The summed E-state index contributed by atoms with van der Waals surface area (Å²) in [7, 11) is 0. The van der Waals surface area contributed by atoms with Crippen molar-refractivity contribution in [2.45, 2.75) is 78.1 Å². The molecule has 1 nitrogen and oxygen atoms in total. The van der Waals surface area contributed by atoms with Crippen molar-refractivity contribution in [3.63, 3.8) is 0 Å². The smallest absolute Gasteiger partial charge is 0.201 e. The Morgan fingerprint density at radius 3 is 2.17 bits per heavy atom. The van der Waals surface area contributed by atoms with Crippen molar-refractivity contribution in [3.8, 4) is 28.0 Å². The van der Waals surface area contributed by atoms with E-state index in [1.54, 1.807) is 18.2 Å². The van der Waals surface area contributed by atoms with Crippen LogP contribution in [0.5, 0.6) is 5.75 Å². The molecule has 2 aliphatic carbocycles. The molecule has 5 rings (SSSR count). The van der Waals surface area contributed by atoms with Crippen molar-refractivity contribution in [3.05, 3.63) is 95.8 Å². The van der Waals surface area contributed by atoms with Gasteiger partial charge in [-0.1, -0.05) is 74.4 Å². The Kier molecular flexibility index (Phi) is 10.3. The van der Waals surface area contributed by atoms with E-state index >= 15 is 4.39 Å². The number of halogens is 3. The van der Waals surface area contributed by atoms with Gasteiger partial charge in [0, 0.05) is 11.1 Å². The molecule has 3 aromatic carbocycles. The van der Waals surface area contributed by atoms with Crippen LogP contribution in [-0.4, -0.2) is 6.61 Å². The topological polar surface area (TPSA) is 9.23 Å². The summed E-state index contributed by atoms with van der Waals surface area (Å²) < 4.78 is 49.9. The van der Waals surface area contributed by atoms with Crippen molar-refractivity contribution < 1.29 is 17.9 Å². The van der Waals surface area contributed by atoms with E-state index in [1.807, 2.05) is 31.2 Å². The first-order chi connectivity index (χ1) is 20.5. The Bertz CT molecular complexity index is 1400. The van der Waals surface area contributed by atoms with Gasteiger partial charge in [-0.15, -0.1) is 0 Å². The van der Waals surface area contributed by atoms with E-state index in [1.165, 1.54) is 50.7 Å². The van der Waals surface area contributed by atoms with E-state index < -0.39 is 11.6 Å². The maximum absolute atomic E-state index is 15.4. The van der Waals surface area contributed by atoms with Crippen molar-refractivity contribution >= 4 is 5.57 Å². The fourth-order valence-corrected chi connectivity index (χ4v) is 6.85. The Balaban J connectivity index is 1.21. The molecule has 2 aliphatic rings. The van der Waals surface area contributed by atoms with Gasteiger partial charge < -0.3 is 4.74 Å². The first-order valence-corrected chi connectivity index (χ1v) is 15.8. The van der Waals surface area contributed by atoms with Crippen molar-refractivity contribution in [2.75, 3.05) is 6.61 Å². The summed E-state index contributed by atoms with van der Waals surface area (Å²) >= 11 is 0. The zero-order valence-electron chi connectivity index (χ0n) is 25.0. The highest BCUT2D eigenvalue weighted by Gasteiger charge is 2.29. The van der Waals surface area contributed by atoms with Crippen LogP contribution in [-0.2, 0) is 0 Å². The van der Waals surface area contributed by atoms with Gasteiger partial charge in [-0.3, -0.25) is 0 Å². The molecule has 4 heteroatoms. The molecule has 0 N–H and O–H groups in total. The van der Waals surface area contributed by atoms with Crippen LogP contribution in [0.3, 0.4) is 0 Å². The van der Waals surface area contributed by atoms with Crippen molar-refractivity contribution in [1.29, 1.82) is 0 Å². The Labute approximate surface area is 249 Å². The summed E-state index contributed by atoms with van der Waals surface area (Å²) in [5, 5.41) is 0. The molecule has 0 aromatic heterocycles. The van der Waals surface area contributed by atoms with Gasteiger partial charge in [0.1, 0.15) is 5.82 Å². The molecule has 0 aliphatic heterocycles. The van der Waals surface area contributed by atoms with Crippen LogP contribution in [0.1, 0.15) is 83.6 Å². The number of benzene rings is 3. The van der Waals surface area contributed by atoms with Gasteiger partial charge in [-0.2, -0.15) is 4.39 Å². The molecule has 1 fully saturated rings. The third-order valence-electron chi connectivity index (χ3n) is 9.34. The molecule has 0 saturated heterocycles. The van der Waals surface area contributed by atoms with Gasteiger partial charge in [0.15, 0.2) is 11.6 Å². The lowest BCUT2D eigenvalue weighted by atomic mass is 9.70. The quantitative estimate of drug-likeness (QED) is 0.220. The zero-order chi connectivity index (χ0) is 29.5. The lowest BCUT2D eigenvalue weighted by Crippen LogP contribution is -2.23. The van der Waals surface area contributed by atoms with Crippen LogP contribution in [0, 0.1) is 35.2 Å². The normalized spacial score (nSPS) is 21.0. The third-order valence-corrected chi connectivity index (χ3v) is 9.34. The molecule has 1 unspecified atom stereocenters. The van der Waals surface area contributed by atoms with Gasteiger partial charge in [-0.25, -0.2) is 8.78 Å². The molecule has 222 valence electrons. The molecule has 0 heterocycles. The number of ether oxygens (including phenoxy) is 1. The average Bonchev–Trinajstić information content (AvgIpc) is 3.02. The minimum Gasteiger partial charge on any atom is -0.490 e. The van der Waals surface area contributed by atoms with Crippen LogP contribution in [0.4, 0.5) is 13.2 Å². The Morgan fingerprint density at radius 1 is 0.786 bits per heavy atom. The van der Waals surface area contributed by atoms with Gasteiger partial charge in [-0.05, 0) is 117 Å². The van der Waals surface area contributed by atoms with Gasteiger partial charge in [0.05, 0.1) is 6.61 Å². The number of allylic oxidation sites excluding steroid dienone is 4. The summed E-state index contributed by atoms with van der Waals surface area (Å²) in [5.41, 5.74) is 4.13. The van der Waals surface area contributed by atoms with E-state index in [4.69, 9.17) is 4.74 Å². The van der Waals surface area contributed by atoms with Crippen molar-refractivity contribution in [1.82, 2.24) is 0 Å². The van der Waals surface area contributed by atoms with E-state index in [-0.39, 0.29) is 17.1 Å². The predicted molar refractivity (Wildman–Crippen MR) is 168 cm³/mol. The van der Waals surface area contributed by atoms with Gasteiger partial charge in [0.2, 0.25) is 5.82 Å². The lowest BCUT2D eigenvalue weighted by Gasteiger charge is -2.35. The highest BCUT2D eigenvalue weighted by atomic mass is 19.2. The maximum atomic E-state index is 15.4. The molecule has 0 amide bonds. The van der Waals surface area contributed by atoms with E-state index in [0.717, 1.165) is 53.7 Å². The molecule has 1 saturated carbocycles. The number of hydrogen-bond donors (Lipinski definition) is 0. The molecular formula is C38H43F3O. The SMILES string of the molecule is CC=CCCC1CCC(C2CC=C(c3ccc(-c4ccc(-c5ccc(OCCC)c(F)c5F)cc4)cc3F)CC2)CC1. The Hall–Kier alpha value is -3.27. The van der Waals surface area contributed by atoms with Crippen LogP contribution in [0.15, 0.2) is 72.8 Å². The highest BCUT2D eigenvalue weighted by molar-refractivity contribution is 5.74. The zero-order valence-corrected chi connectivity index (χ0v) is 25.0. The second kappa shape index (κ2) is 14.3. The molecular weight excluding hydrogens is 529 g/mol. The first kappa shape index (κ1) is 30.2. The molecule has 3 aromatic rings. The summed E-state index contributed by atoms with van der Waals surface area (Å²) in [6.45, 7) is 4.34. The van der Waals surface area contributed by atoms with Crippen LogP contribution < -0.4 is 4.74 Å². The second-order valence-corrected chi connectivity index (χ2v) is 12.1. The van der Waals surface area contributed by atoms with Gasteiger partial charge >= 0.3 is 0 Å². The summed E-state index contributed by atoms with van der Waals surface area (Å²) in [6.07, 6.45) is 18.5. The number of rotatable bonds is 10. The summed E-state index contributed by atoms with van der Waals surface area (Å²) in [4.78, 5) is 0. The number of hydrogen-bond acceptors (Lipinski definition) is 1. The minimum absolute atomic E-state index is 0.0766. The first-order valence-electron chi connectivity index (χ1n) is 15.8. The highest BCUT2D eigenvalue weighted by Crippen LogP contribution is 2.42. The summed E-state index contributed by atoms with van der Waals surface area (Å²) in [5.74, 6) is 0.234. The van der Waals surface area contributed by atoms with Gasteiger partial charge in [0.25, 0.3) is 0 Å². The third kappa shape index (κ3) is 7.02. The fraction of sp³-hybridized carbons (Fsp3) is 0.421. The monoisotopic (exact) mass is 572 g/mol. The molecule has 0 bridgehead atoms. The van der Waals surface area contributed by atoms with Crippen LogP contribution in [0.2, 0.25) is 0 Å². The van der Waals surface area contributed by atoms with E-state index in [2.05, 4.69) is 25.2 Å². The van der Waals surface area contributed by atoms with E-state index in [9.17, 15) is 8.78 Å².